The summed E-state index contributed by atoms with van der Waals surface area (Å²) in [6, 6.07) is 14.5. The third-order valence-electron chi connectivity index (χ3n) is 9.24. The molecule has 7 rings (SSSR count). The summed E-state index contributed by atoms with van der Waals surface area (Å²) >= 11 is 0. The number of rotatable bonds is 7. The van der Waals surface area contributed by atoms with Crippen LogP contribution in [-0.4, -0.2) is 26.5 Å². The number of aryl methyl sites for hydroxylation is 1. The van der Waals surface area contributed by atoms with E-state index in [1.807, 2.05) is 19.2 Å². The van der Waals surface area contributed by atoms with Crippen LogP contribution >= 0.6 is 0 Å². The number of carboxylic acids is 1. The van der Waals surface area contributed by atoms with Gasteiger partial charge in [-0.05, 0) is 105 Å². The van der Waals surface area contributed by atoms with Crippen molar-refractivity contribution in [3.8, 4) is 11.4 Å². The zero-order valence-corrected chi connectivity index (χ0v) is 21.7. The van der Waals surface area contributed by atoms with Gasteiger partial charge in [0.2, 0.25) is 0 Å². The fourth-order valence-corrected chi connectivity index (χ4v) is 7.96. The summed E-state index contributed by atoms with van der Waals surface area (Å²) in [5, 5.41) is 12.3. The van der Waals surface area contributed by atoms with Crippen molar-refractivity contribution in [3.05, 3.63) is 71.0 Å². The highest BCUT2D eigenvalue weighted by molar-refractivity contribution is 6.04. The minimum absolute atomic E-state index is 0.140. The number of nitrogens with one attached hydrogen (secondary N) is 1. The molecule has 6 nitrogen and oxygen atoms in total. The SMILES string of the molecule is Cc1ccccc1-c1nc(C(=O)Nc2cccc(C(=O)O)c2)c(CCC23CC4CC(CC(C4)C2)C3)n1C. The zero-order chi connectivity index (χ0) is 25.7. The molecule has 0 saturated heterocycles. The molecule has 1 amide bonds. The second kappa shape index (κ2) is 9.16. The maximum Gasteiger partial charge on any atom is 0.335 e. The molecule has 4 saturated carbocycles. The van der Waals surface area contributed by atoms with E-state index >= 15 is 0 Å². The molecule has 2 N–H and O–H groups in total. The molecular formula is C31H35N3O3. The van der Waals surface area contributed by atoms with Crippen molar-refractivity contribution in [1.29, 1.82) is 0 Å². The minimum atomic E-state index is -1.02. The third kappa shape index (κ3) is 4.47. The smallest absolute Gasteiger partial charge is 0.335 e. The minimum Gasteiger partial charge on any atom is -0.478 e. The Morgan fingerprint density at radius 2 is 1.70 bits per heavy atom. The molecule has 1 aromatic heterocycles. The van der Waals surface area contributed by atoms with E-state index in [1.54, 1.807) is 12.1 Å². The van der Waals surface area contributed by atoms with Gasteiger partial charge in [0.25, 0.3) is 5.91 Å². The Morgan fingerprint density at radius 3 is 2.35 bits per heavy atom. The number of carboxylic acid groups (broad SMARTS) is 1. The highest BCUT2D eigenvalue weighted by atomic mass is 16.4. The van der Waals surface area contributed by atoms with Crippen molar-refractivity contribution in [2.75, 3.05) is 5.32 Å². The van der Waals surface area contributed by atoms with Crippen LogP contribution < -0.4 is 5.32 Å². The van der Waals surface area contributed by atoms with Crippen molar-refractivity contribution in [3.63, 3.8) is 0 Å². The van der Waals surface area contributed by atoms with Gasteiger partial charge in [-0.15, -0.1) is 0 Å². The van der Waals surface area contributed by atoms with Crippen LogP contribution in [0.15, 0.2) is 48.5 Å². The second-order valence-corrected chi connectivity index (χ2v) is 11.9. The standard InChI is InChI=1S/C31H35N3O3/c1-19-6-3-4-9-25(19)28-33-27(29(35)32-24-8-5-7-23(15-24)30(36)37)26(34(28)2)10-11-31-16-20-12-21(17-31)14-22(13-20)18-31/h3-9,15,20-22H,10-14,16-18H2,1-2H3,(H,32,35)(H,36,37). The average Bonchev–Trinajstić information content (AvgIpc) is 3.18. The Hall–Kier alpha value is -3.41. The molecule has 3 aromatic rings. The van der Waals surface area contributed by atoms with E-state index in [0.29, 0.717) is 16.8 Å². The van der Waals surface area contributed by atoms with E-state index in [-0.39, 0.29) is 11.5 Å². The number of benzene rings is 2. The van der Waals surface area contributed by atoms with Gasteiger partial charge in [-0.25, -0.2) is 9.78 Å². The van der Waals surface area contributed by atoms with Gasteiger partial charge in [-0.1, -0.05) is 30.3 Å². The van der Waals surface area contributed by atoms with Crippen LogP contribution in [0.2, 0.25) is 0 Å². The van der Waals surface area contributed by atoms with Crippen LogP contribution in [0.4, 0.5) is 5.69 Å². The van der Waals surface area contributed by atoms with Gasteiger partial charge >= 0.3 is 5.97 Å². The largest absolute Gasteiger partial charge is 0.478 e. The van der Waals surface area contributed by atoms with Crippen LogP contribution in [0, 0.1) is 30.1 Å². The van der Waals surface area contributed by atoms with Gasteiger partial charge in [0.05, 0.1) is 11.3 Å². The first-order valence-electron chi connectivity index (χ1n) is 13.6. The van der Waals surface area contributed by atoms with Crippen LogP contribution in [0.5, 0.6) is 0 Å². The summed E-state index contributed by atoms with van der Waals surface area (Å²) in [5.41, 5.74) is 4.54. The predicted octanol–water partition coefficient (Wildman–Crippen LogP) is 6.50. The topological polar surface area (TPSA) is 84.2 Å². The van der Waals surface area contributed by atoms with Gasteiger partial charge in [-0.3, -0.25) is 4.79 Å². The van der Waals surface area contributed by atoms with Crippen molar-refractivity contribution in [2.24, 2.45) is 30.2 Å². The van der Waals surface area contributed by atoms with Crippen molar-refractivity contribution < 1.29 is 14.7 Å². The molecule has 2 aromatic carbocycles. The molecule has 4 bridgehead atoms. The monoisotopic (exact) mass is 497 g/mol. The van der Waals surface area contributed by atoms with E-state index in [4.69, 9.17) is 4.98 Å². The molecule has 0 radical (unpaired) electrons. The highest BCUT2D eigenvalue weighted by Gasteiger charge is 2.50. The molecule has 192 valence electrons. The lowest BCUT2D eigenvalue weighted by atomic mass is 9.48. The molecule has 0 spiro atoms. The summed E-state index contributed by atoms with van der Waals surface area (Å²) in [4.78, 5) is 29.9. The Morgan fingerprint density at radius 1 is 1.03 bits per heavy atom. The third-order valence-corrected chi connectivity index (χ3v) is 9.24. The molecule has 4 fully saturated rings. The second-order valence-electron chi connectivity index (χ2n) is 11.9. The summed E-state index contributed by atoms with van der Waals surface area (Å²) in [6.45, 7) is 2.07. The Labute approximate surface area is 218 Å². The Kier molecular flexibility index (Phi) is 5.93. The van der Waals surface area contributed by atoms with E-state index < -0.39 is 5.97 Å². The van der Waals surface area contributed by atoms with Gasteiger partial charge < -0.3 is 15.0 Å². The molecule has 4 aliphatic rings. The quantitative estimate of drug-likeness (QED) is 0.390. The van der Waals surface area contributed by atoms with Gasteiger partial charge in [0.1, 0.15) is 11.5 Å². The summed E-state index contributed by atoms with van der Waals surface area (Å²) < 4.78 is 2.10. The first-order chi connectivity index (χ1) is 17.8. The average molecular weight is 498 g/mol. The number of amides is 1. The van der Waals surface area contributed by atoms with Crippen molar-refractivity contribution in [2.45, 2.75) is 58.3 Å². The van der Waals surface area contributed by atoms with Crippen LogP contribution in [-0.2, 0) is 13.5 Å². The van der Waals surface area contributed by atoms with Crippen LogP contribution in [0.25, 0.3) is 11.4 Å². The number of anilines is 1. The first kappa shape index (κ1) is 24.0. The van der Waals surface area contributed by atoms with Crippen LogP contribution in [0.3, 0.4) is 0 Å². The molecule has 0 unspecified atom stereocenters. The molecular weight excluding hydrogens is 462 g/mol. The predicted molar refractivity (Wildman–Crippen MR) is 144 cm³/mol. The fourth-order valence-electron chi connectivity index (χ4n) is 7.96. The maximum absolute atomic E-state index is 13.6. The number of carbonyl (C=O) groups is 2. The summed E-state index contributed by atoms with van der Waals surface area (Å²) in [7, 11) is 2.02. The Bertz CT molecular complexity index is 1340. The lowest BCUT2D eigenvalue weighted by Gasteiger charge is -2.57. The lowest BCUT2D eigenvalue weighted by molar-refractivity contribution is -0.0571. The number of carbonyl (C=O) groups excluding carboxylic acids is 1. The number of hydrogen-bond donors (Lipinski definition) is 2. The van der Waals surface area contributed by atoms with Crippen molar-refractivity contribution in [1.82, 2.24) is 9.55 Å². The van der Waals surface area contributed by atoms with Gasteiger partial charge in [0.15, 0.2) is 0 Å². The van der Waals surface area contributed by atoms with Crippen LogP contribution in [0.1, 0.15) is 77.0 Å². The van der Waals surface area contributed by atoms with E-state index in [9.17, 15) is 14.7 Å². The summed E-state index contributed by atoms with van der Waals surface area (Å²) in [5.74, 6) is 2.16. The number of nitrogens with zero attached hydrogens (tertiary/aromatic N) is 2. The highest BCUT2D eigenvalue weighted by Crippen LogP contribution is 2.61. The van der Waals surface area contributed by atoms with E-state index in [2.05, 4.69) is 28.9 Å². The number of hydrogen-bond acceptors (Lipinski definition) is 3. The maximum atomic E-state index is 13.6. The summed E-state index contributed by atoms with van der Waals surface area (Å²) in [6.07, 6.45) is 10.2. The molecule has 0 aliphatic heterocycles. The van der Waals surface area contributed by atoms with E-state index in [0.717, 1.165) is 53.2 Å². The molecule has 4 aliphatic carbocycles. The van der Waals surface area contributed by atoms with E-state index in [1.165, 1.54) is 50.7 Å². The van der Waals surface area contributed by atoms with Gasteiger partial charge in [0, 0.05) is 18.3 Å². The Balaban J connectivity index is 1.33. The molecule has 1 heterocycles. The zero-order valence-electron chi connectivity index (χ0n) is 21.7. The van der Waals surface area contributed by atoms with Gasteiger partial charge in [-0.2, -0.15) is 0 Å². The fraction of sp³-hybridized carbons (Fsp3) is 0.452. The van der Waals surface area contributed by atoms with Crippen molar-refractivity contribution >= 4 is 17.6 Å². The molecule has 6 heteroatoms. The number of aromatic nitrogens is 2. The molecule has 0 atom stereocenters. The lowest BCUT2D eigenvalue weighted by Crippen LogP contribution is -2.46. The normalized spacial score (nSPS) is 25.8. The first-order valence-corrected chi connectivity index (χ1v) is 13.6. The number of imidazole rings is 1. The number of aromatic carboxylic acids is 1. The molecule has 37 heavy (non-hydrogen) atoms.